The van der Waals surface area contributed by atoms with Crippen LogP contribution in [0.4, 0.5) is 17.6 Å². The van der Waals surface area contributed by atoms with Crippen LogP contribution in [0, 0.1) is 11.7 Å². The molecule has 206 valence electrons. The second-order valence-corrected chi connectivity index (χ2v) is 9.19. The largest absolute Gasteiger partial charge is 0.497 e. The number of nitrogens with zero attached hydrogens (tertiary/aromatic N) is 1. The molecule has 0 radical (unpaired) electrons. The van der Waals surface area contributed by atoms with E-state index in [2.05, 4.69) is 10.6 Å². The van der Waals surface area contributed by atoms with Crippen LogP contribution < -0.4 is 15.4 Å². The molecule has 0 spiro atoms. The molecule has 2 aromatic rings. The quantitative estimate of drug-likeness (QED) is 0.428. The molecule has 7 nitrogen and oxygen atoms in total. The van der Waals surface area contributed by atoms with Crippen molar-refractivity contribution < 1.29 is 36.7 Å². The van der Waals surface area contributed by atoms with Crippen molar-refractivity contribution in [2.75, 3.05) is 20.2 Å². The number of hydrogen-bond acceptors (Lipinski definition) is 4. The summed E-state index contributed by atoms with van der Waals surface area (Å²) in [6.07, 6.45) is -5.32. The summed E-state index contributed by atoms with van der Waals surface area (Å²) in [5, 5.41) is 5.33. The van der Waals surface area contributed by atoms with E-state index < -0.39 is 48.7 Å². The first-order valence-corrected chi connectivity index (χ1v) is 12.3. The molecule has 38 heavy (non-hydrogen) atoms. The maximum Gasteiger partial charge on any atom is 0.390 e. The monoisotopic (exact) mass is 537 g/mol. The topological polar surface area (TPSA) is 87.7 Å². The number of benzene rings is 2. The van der Waals surface area contributed by atoms with Crippen LogP contribution in [0.5, 0.6) is 5.75 Å². The van der Waals surface area contributed by atoms with E-state index in [0.717, 1.165) is 10.5 Å². The van der Waals surface area contributed by atoms with Crippen LogP contribution in [0.3, 0.4) is 0 Å². The van der Waals surface area contributed by atoms with Gasteiger partial charge < -0.3 is 20.3 Å². The van der Waals surface area contributed by atoms with E-state index >= 15 is 0 Å². The zero-order valence-electron chi connectivity index (χ0n) is 21.0. The Morgan fingerprint density at radius 3 is 2.34 bits per heavy atom. The van der Waals surface area contributed by atoms with Crippen molar-refractivity contribution in [3.63, 3.8) is 0 Å². The van der Waals surface area contributed by atoms with E-state index in [4.69, 9.17) is 4.74 Å². The summed E-state index contributed by atoms with van der Waals surface area (Å²) >= 11 is 0. The first-order valence-electron chi connectivity index (χ1n) is 12.3. The first kappa shape index (κ1) is 28.9. The maximum atomic E-state index is 13.4. The molecule has 1 heterocycles. The maximum absolute atomic E-state index is 13.4. The van der Waals surface area contributed by atoms with Crippen molar-refractivity contribution in [3.05, 3.63) is 65.5 Å². The molecule has 3 amide bonds. The lowest BCUT2D eigenvalue weighted by Gasteiger charge is -2.38. The Bertz CT molecular complexity index is 1080. The minimum Gasteiger partial charge on any atom is -0.497 e. The van der Waals surface area contributed by atoms with Crippen LogP contribution >= 0.6 is 0 Å². The van der Waals surface area contributed by atoms with Gasteiger partial charge in [-0.15, -0.1) is 0 Å². The predicted molar refractivity (Wildman–Crippen MR) is 131 cm³/mol. The van der Waals surface area contributed by atoms with Gasteiger partial charge in [0.2, 0.25) is 17.7 Å². The predicted octanol–water partition coefficient (Wildman–Crippen LogP) is 3.76. The zero-order valence-corrected chi connectivity index (χ0v) is 21.0. The number of piperidine rings is 1. The van der Waals surface area contributed by atoms with Gasteiger partial charge in [-0.2, -0.15) is 13.2 Å². The Morgan fingerprint density at radius 1 is 1.11 bits per heavy atom. The molecule has 11 heteroatoms. The van der Waals surface area contributed by atoms with Gasteiger partial charge >= 0.3 is 6.18 Å². The summed E-state index contributed by atoms with van der Waals surface area (Å²) in [4.78, 5) is 39.5. The van der Waals surface area contributed by atoms with Crippen LogP contribution in [0.1, 0.15) is 36.8 Å². The van der Waals surface area contributed by atoms with Gasteiger partial charge in [-0.05, 0) is 48.2 Å². The van der Waals surface area contributed by atoms with E-state index in [1.807, 2.05) is 0 Å². The minimum absolute atomic E-state index is 0.00183. The van der Waals surface area contributed by atoms with Gasteiger partial charge in [-0.1, -0.05) is 24.3 Å². The highest BCUT2D eigenvalue weighted by Crippen LogP contribution is 2.26. The standard InChI is InChI=1S/C27H31F4N3O4/c1-38-22-10-4-18(5-11-22)6-13-24(36)34(15-14-27(29,30)31)25(20-7-12-23(35)32-17-20)26(37)33-16-19-2-8-21(28)9-3-19/h2-5,8-11,20,25H,6-7,12-17H2,1H3,(H,32,35)(H,33,37). The molecule has 2 N–H and O–H groups in total. The van der Waals surface area contributed by atoms with E-state index in [1.54, 1.807) is 24.3 Å². The van der Waals surface area contributed by atoms with Crippen molar-refractivity contribution in [2.24, 2.45) is 5.92 Å². The fourth-order valence-corrected chi connectivity index (χ4v) is 4.38. The van der Waals surface area contributed by atoms with Crippen molar-refractivity contribution in [1.29, 1.82) is 0 Å². The first-order chi connectivity index (χ1) is 18.1. The lowest BCUT2D eigenvalue weighted by atomic mass is 9.89. The lowest BCUT2D eigenvalue weighted by Crippen LogP contribution is -2.57. The molecule has 0 aromatic heterocycles. The number of hydrogen-bond donors (Lipinski definition) is 2. The molecule has 0 saturated carbocycles. The number of methoxy groups -OCH3 is 1. The normalized spacial score (nSPS) is 16.3. The van der Waals surface area contributed by atoms with Crippen LogP contribution in [0.2, 0.25) is 0 Å². The highest BCUT2D eigenvalue weighted by atomic mass is 19.4. The molecule has 2 unspecified atom stereocenters. The average Bonchev–Trinajstić information content (AvgIpc) is 2.89. The van der Waals surface area contributed by atoms with Gasteiger partial charge in [-0.3, -0.25) is 14.4 Å². The van der Waals surface area contributed by atoms with Gasteiger partial charge in [0.05, 0.1) is 13.5 Å². The summed E-state index contributed by atoms with van der Waals surface area (Å²) in [6, 6.07) is 11.2. The smallest absolute Gasteiger partial charge is 0.390 e. The minimum atomic E-state index is -4.54. The van der Waals surface area contributed by atoms with Gasteiger partial charge in [-0.25, -0.2) is 4.39 Å². The van der Waals surface area contributed by atoms with Crippen LogP contribution in [0.15, 0.2) is 48.5 Å². The number of carbonyl (C=O) groups excluding carboxylic acids is 3. The second kappa shape index (κ2) is 13.3. The Balaban J connectivity index is 1.81. The van der Waals surface area contributed by atoms with Crippen LogP contribution in [-0.2, 0) is 27.3 Å². The van der Waals surface area contributed by atoms with Crippen molar-refractivity contribution in [1.82, 2.24) is 15.5 Å². The number of alkyl halides is 3. The number of halogens is 4. The molecule has 2 atom stereocenters. The fraction of sp³-hybridized carbons (Fsp3) is 0.444. The number of nitrogens with one attached hydrogen (secondary N) is 2. The molecule has 1 fully saturated rings. The Hall–Kier alpha value is -3.63. The Morgan fingerprint density at radius 2 is 1.76 bits per heavy atom. The van der Waals surface area contributed by atoms with Crippen LogP contribution in [-0.4, -0.2) is 55.0 Å². The van der Waals surface area contributed by atoms with E-state index in [9.17, 15) is 31.9 Å². The Labute approximate surface area is 218 Å². The van der Waals surface area contributed by atoms with E-state index in [1.165, 1.54) is 31.4 Å². The van der Waals surface area contributed by atoms with Gasteiger partial charge in [0.1, 0.15) is 17.6 Å². The number of aryl methyl sites for hydroxylation is 1. The SMILES string of the molecule is COc1ccc(CCC(=O)N(CCC(F)(F)F)C(C(=O)NCc2ccc(F)cc2)C2CCC(=O)NC2)cc1. The summed E-state index contributed by atoms with van der Waals surface area (Å²) in [5.74, 6) is -1.83. The summed E-state index contributed by atoms with van der Waals surface area (Å²) in [7, 11) is 1.52. The third-order valence-corrected chi connectivity index (χ3v) is 6.48. The summed E-state index contributed by atoms with van der Waals surface area (Å²) in [6.45, 7) is -0.631. The molecule has 3 rings (SSSR count). The highest BCUT2D eigenvalue weighted by molar-refractivity contribution is 5.88. The molecule has 0 aliphatic carbocycles. The van der Waals surface area contributed by atoms with Gasteiger partial charge in [0.15, 0.2) is 0 Å². The summed E-state index contributed by atoms with van der Waals surface area (Å²) in [5.41, 5.74) is 1.38. The number of amides is 3. The molecular weight excluding hydrogens is 506 g/mol. The van der Waals surface area contributed by atoms with Crippen molar-refractivity contribution in [3.8, 4) is 5.75 Å². The molecule has 2 aromatic carbocycles. The molecular formula is C27H31F4N3O4. The number of carbonyl (C=O) groups is 3. The molecule has 1 saturated heterocycles. The van der Waals surface area contributed by atoms with E-state index in [0.29, 0.717) is 11.3 Å². The third kappa shape index (κ3) is 8.74. The van der Waals surface area contributed by atoms with Crippen molar-refractivity contribution >= 4 is 17.7 Å². The number of rotatable bonds is 11. The summed E-state index contributed by atoms with van der Waals surface area (Å²) < 4.78 is 58.0. The average molecular weight is 538 g/mol. The molecule has 1 aliphatic heterocycles. The second-order valence-electron chi connectivity index (χ2n) is 9.19. The fourth-order valence-electron chi connectivity index (χ4n) is 4.38. The highest BCUT2D eigenvalue weighted by Gasteiger charge is 2.40. The lowest BCUT2D eigenvalue weighted by molar-refractivity contribution is -0.154. The van der Waals surface area contributed by atoms with Gasteiger partial charge in [0.25, 0.3) is 0 Å². The van der Waals surface area contributed by atoms with Crippen LogP contribution in [0.25, 0.3) is 0 Å². The molecule has 1 aliphatic rings. The third-order valence-electron chi connectivity index (χ3n) is 6.48. The zero-order chi connectivity index (χ0) is 27.7. The molecule has 0 bridgehead atoms. The Kier molecular flexibility index (Phi) is 10.1. The van der Waals surface area contributed by atoms with Gasteiger partial charge in [0, 0.05) is 38.4 Å². The van der Waals surface area contributed by atoms with Crippen molar-refractivity contribution in [2.45, 2.75) is 50.9 Å². The number of ether oxygens (including phenoxy) is 1. The van der Waals surface area contributed by atoms with E-state index in [-0.39, 0.29) is 44.7 Å².